The summed E-state index contributed by atoms with van der Waals surface area (Å²) in [7, 11) is 0. The molecule has 1 radical (unpaired) electrons. The van der Waals surface area contributed by atoms with Crippen LogP contribution in [0.5, 0.6) is 0 Å². The largest absolute Gasteiger partial charge is 0.465 e. The van der Waals surface area contributed by atoms with Gasteiger partial charge in [-0.15, -0.1) is 0 Å². The van der Waals surface area contributed by atoms with Crippen molar-refractivity contribution in [3.63, 3.8) is 0 Å². The Morgan fingerprint density at radius 2 is 1.94 bits per heavy atom. The third kappa shape index (κ3) is 4.47. The highest BCUT2D eigenvalue weighted by molar-refractivity contribution is 5.72. The van der Waals surface area contributed by atoms with E-state index in [1.165, 1.54) is 5.56 Å². The lowest BCUT2D eigenvalue weighted by Gasteiger charge is -2.13. The lowest BCUT2D eigenvalue weighted by atomic mass is 10.0. The maximum atomic E-state index is 11.2. The number of ether oxygens (including phenoxy) is 1. The minimum Gasteiger partial charge on any atom is -0.465 e. The van der Waals surface area contributed by atoms with Crippen molar-refractivity contribution >= 4 is 5.97 Å². The van der Waals surface area contributed by atoms with Crippen molar-refractivity contribution in [1.29, 1.82) is 0 Å². The van der Waals surface area contributed by atoms with Crippen LogP contribution in [0.4, 0.5) is 0 Å². The van der Waals surface area contributed by atoms with Gasteiger partial charge in [0.1, 0.15) is 0 Å². The summed E-state index contributed by atoms with van der Waals surface area (Å²) in [6.45, 7) is 7.91. The number of hydrogen-bond donors (Lipinski definition) is 0. The highest BCUT2D eigenvalue weighted by Gasteiger charge is 2.11. The van der Waals surface area contributed by atoms with Crippen LogP contribution >= 0.6 is 0 Å². The molecule has 87 valence electrons. The number of carbonyl (C=O) groups is 1. The van der Waals surface area contributed by atoms with Gasteiger partial charge in [0, 0.05) is 0 Å². The van der Waals surface area contributed by atoms with Crippen molar-refractivity contribution in [2.24, 2.45) is 11.8 Å². The zero-order valence-electron chi connectivity index (χ0n) is 9.98. The van der Waals surface area contributed by atoms with E-state index in [9.17, 15) is 4.79 Å². The molecule has 0 aliphatic rings. The quantitative estimate of drug-likeness (QED) is 0.712. The molecule has 0 aliphatic heterocycles. The van der Waals surface area contributed by atoms with Gasteiger partial charge in [0.05, 0.1) is 12.5 Å². The first-order valence-corrected chi connectivity index (χ1v) is 5.63. The fraction of sp³-hybridized carbons (Fsp3) is 0.429. The summed E-state index contributed by atoms with van der Waals surface area (Å²) < 4.78 is 5.14. The monoisotopic (exact) mass is 219 g/mol. The molecule has 0 amide bonds. The standard InChI is InChI=1S/C14H19O2/c1-11(2)14(15)16-10-12(3)9-13-7-5-4-6-8-13/h4-8,11-12H,1,9-10H2,2-3H3. The topological polar surface area (TPSA) is 26.3 Å². The number of hydrogen-bond acceptors (Lipinski definition) is 2. The van der Waals surface area contributed by atoms with Crippen LogP contribution in [0.1, 0.15) is 19.4 Å². The first-order chi connectivity index (χ1) is 7.59. The Morgan fingerprint density at radius 1 is 1.31 bits per heavy atom. The van der Waals surface area contributed by atoms with E-state index in [2.05, 4.69) is 26.0 Å². The fourth-order valence-corrected chi connectivity index (χ4v) is 1.44. The Morgan fingerprint density at radius 3 is 2.50 bits per heavy atom. The maximum absolute atomic E-state index is 11.2. The van der Waals surface area contributed by atoms with Gasteiger partial charge in [0.2, 0.25) is 0 Å². The molecule has 1 aromatic carbocycles. The molecule has 0 N–H and O–H groups in total. The molecular formula is C14H19O2. The van der Waals surface area contributed by atoms with E-state index in [0.29, 0.717) is 12.5 Å². The van der Waals surface area contributed by atoms with Crippen molar-refractivity contribution in [2.75, 3.05) is 6.61 Å². The summed E-state index contributed by atoms with van der Waals surface area (Å²) in [6.07, 6.45) is 0.930. The minimum atomic E-state index is -0.288. The average Bonchev–Trinajstić information content (AvgIpc) is 2.27. The minimum absolute atomic E-state index is 0.222. The second-order valence-corrected chi connectivity index (χ2v) is 4.33. The summed E-state index contributed by atoms with van der Waals surface area (Å²) in [6, 6.07) is 10.2. The molecule has 0 aromatic heterocycles. The Balaban J connectivity index is 2.31. The van der Waals surface area contributed by atoms with Gasteiger partial charge in [-0.3, -0.25) is 4.79 Å². The summed E-state index contributed by atoms with van der Waals surface area (Å²) in [5, 5.41) is 0. The smallest absolute Gasteiger partial charge is 0.308 e. The molecule has 2 unspecified atom stereocenters. The van der Waals surface area contributed by atoms with Crippen LogP contribution in [0.3, 0.4) is 0 Å². The molecule has 0 fully saturated rings. The Bertz CT molecular complexity index is 317. The summed E-state index contributed by atoms with van der Waals surface area (Å²) >= 11 is 0. The van der Waals surface area contributed by atoms with Crippen LogP contribution in [0, 0.1) is 18.8 Å². The van der Waals surface area contributed by atoms with Gasteiger partial charge < -0.3 is 4.74 Å². The predicted octanol–water partition coefficient (Wildman–Crippen LogP) is 2.88. The van der Waals surface area contributed by atoms with E-state index in [4.69, 9.17) is 4.74 Å². The van der Waals surface area contributed by atoms with Crippen molar-refractivity contribution in [3.05, 3.63) is 42.8 Å². The first kappa shape index (κ1) is 12.8. The molecule has 2 heteroatoms. The Kier molecular flexibility index (Phi) is 5.03. The van der Waals surface area contributed by atoms with Gasteiger partial charge in [-0.1, -0.05) is 44.2 Å². The van der Waals surface area contributed by atoms with E-state index < -0.39 is 0 Å². The van der Waals surface area contributed by atoms with Gasteiger partial charge in [-0.05, 0) is 24.8 Å². The highest BCUT2D eigenvalue weighted by atomic mass is 16.5. The fourth-order valence-electron chi connectivity index (χ4n) is 1.44. The van der Waals surface area contributed by atoms with Gasteiger partial charge in [-0.2, -0.15) is 0 Å². The van der Waals surface area contributed by atoms with Gasteiger partial charge in [0.25, 0.3) is 0 Å². The van der Waals surface area contributed by atoms with Crippen LogP contribution in [0.25, 0.3) is 0 Å². The molecule has 0 bridgehead atoms. The van der Waals surface area contributed by atoms with Gasteiger partial charge in [-0.25, -0.2) is 0 Å². The Labute approximate surface area is 97.6 Å². The van der Waals surface area contributed by atoms with Crippen LogP contribution in [-0.4, -0.2) is 12.6 Å². The van der Waals surface area contributed by atoms with Crippen molar-refractivity contribution in [1.82, 2.24) is 0 Å². The van der Waals surface area contributed by atoms with E-state index >= 15 is 0 Å². The zero-order valence-corrected chi connectivity index (χ0v) is 9.98. The second kappa shape index (κ2) is 6.31. The third-order valence-electron chi connectivity index (χ3n) is 2.34. The molecule has 0 aliphatic carbocycles. The average molecular weight is 219 g/mol. The molecule has 16 heavy (non-hydrogen) atoms. The zero-order chi connectivity index (χ0) is 12.0. The van der Waals surface area contributed by atoms with Crippen molar-refractivity contribution in [3.8, 4) is 0 Å². The van der Waals surface area contributed by atoms with Gasteiger partial charge >= 0.3 is 5.97 Å². The van der Waals surface area contributed by atoms with Crippen LogP contribution in [-0.2, 0) is 16.0 Å². The van der Waals surface area contributed by atoms with E-state index in [-0.39, 0.29) is 11.9 Å². The molecule has 1 rings (SSSR count). The van der Waals surface area contributed by atoms with E-state index in [0.717, 1.165) is 6.42 Å². The molecule has 2 atom stereocenters. The normalized spacial score (nSPS) is 12.5. The lowest BCUT2D eigenvalue weighted by Crippen LogP contribution is -2.17. The second-order valence-electron chi connectivity index (χ2n) is 4.33. The predicted molar refractivity (Wildman–Crippen MR) is 64.8 cm³/mol. The third-order valence-corrected chi connectivity index (χ3v) is 2.34. The van der Waals surface area contributed by atoms with Crippen molar-refractivity contribution in [2.45, 2.75) is 20.3 Å². The molecule has 2 nitrogen and oxygen atoms in total. The van der Waals surface area contributed by atoms with E-state index in [1.807, 2.05) is 18.2 Å². The lowest BCUT2D eigenvalue weighted by molar-refractivity contribution is -0.147. The number of rotatable bonds is 5. The molecule has 1 aromatic rings. The number of esters is 1. The highest BCUT2D eigenvalue weighted by Crippen LogP contribution is 2.09. The van der Waals surface area contributed by atoms with E-state index in [1.54, 1.807) is 6.92 Å². The van der Waals surface area contributed by atoms with Crippen LogP contribution in [0.15, 0.2) is 30.3 Å². The maximum Gasteiger partial charge on any atom is 0.308 e. The summed E-state index contributed by atoms with van der Waals surface area (Å²) in [5.41, 5.74) is 1.27. The molecule has 0 heterocycles. The first-order valence-electron chi connectivity index (χ1n) is 5.63. The number of benzene rings is 1. The van der Waals surface area contributed by atoms with Crippen LogP contribution < -0.4 is 0 Å². The van der Waals surface area contributed by atoms with Gasteiger partial charge in [0.15, 0.2) is 0 Å². The molecule has 0 spiro atoms. The molecule has 0 saturated carbocycles. The molecule has 0 saturated heterocycles. The SMILES string of the molecule is [CH2]C(C)C(=O)OCC(C)Cc1ccccc1. The summed E-state index contributed by atoms with van der Waals surface area (Å²) in [5.74, 6) is -0.172. The van der Waals surface area contributed by atoms with Crippen molar-refractivity contribution < 1.29 is 9.53 Å². The summed E-state index contributed by atoms with van der Waals surface area (Å²) in [4.78, 5) is 11.2. The Hall–Kier alpha value is -1.31. The molecular weight excluding hydrogens is 200 g/mol. The van der Waals surface area contributed by atoms with Crippen LogP contribution in [0.2, 0.25) is 0 Å². The number of carbonyl (C=O) groups excluding carboxylic acids is 1.